The maximum atomic E-state index is 12.1. The fourth-order valence-corrected chi connectivity index (χ4v) is 3.28. The molecule has 6 heteroatoms. The van der Waals surface area contributed by atoms with Crippen LogP contribution >= 0.6 is 11.3 Å². The van der Waals surface area contributed by atoms with Crippen LogP contribution in [0.25, 0.3) is 6.08 Å². The summed E-state index contributed by atoms with van der Waals surface area (Å²) < 4.78 is 5.50. The molecule has 0 radical (unpaired) electrons. The van der Waals surface area contributed by atoms with Crippen LogP contribution in [0, 0.1) is 6.92 Å². The highest BCUT2D eigenvalue weighted by molar-refractivity contribution is 7.14. The van der Waals surface area contributed by atoms with Crippen LogP contribution in [0.15, 0.2) is 36.4 Å². The summed E-state index contributed by atoms with van der Waals surface area (Å²) in [7, 11) is 0. The maximum Gasteiger partial charge on any atom is 0.279 e. The second-order valence-corrected chi connectivity index (χ2v) is 6.45. The molecule has 2 aromatic rings. The van der Waals surface area contributed by atoms with Crippen molar-refractivity contribution in [2.45, 2.75) is 27.2 Å². The molecule has 0 saturated carbocycles. The van der Waals surface area contributed by atoms with E-state index in [-0.39, 0.29) is 5.91 Å². The van der Waals surface area contributed by atoms with Crippen LogP contribution in [-0.4, -0.2) is 18.4 Å². The van der Waals surface area contributed by atoms with E-state index in [0.717, 1.165) is 17.5 Å². The van der Waals surface area contributed by atoms with Gasteiger partial charge < -0.3 is 4.74 Å². The average molecular weight is 358 g/mol. The number of rotatable bonds is 6. The van der Waals surface area contributed by atoms with Crippen LogP contribution in [0.3, 0.4) is 0 Å². The molecule has 5 nitrogen and oxygen atoms in total. The summed E-state index contributed by atoms with van der Waals surface area (Å²) in [5.41, 5.74) is 6.71. The van der Waals surface area contributed by atoms with Crippen LogP contribution in [0.2, 0.25) is 0 Å². The van der Waals surface area contributed by atoms with Gasteiger partial charge in [-0.2, -0.15) is 0 Å². The van der Waals surface area contributed by atoms with E-state index in [0.29, 0.717) is 17.2 Å². The molecule has 0 aliphatic heterocycles. The quantitative estimate of drug-likeness (QED) is 0.613. The first-order valence-corrected chi connectivity index (χ1v) is 8.96. The number of benzene rings is 1. The molecular weight excluding hydrogens is 336 g/mol. The number of carbonyl (C=O) groups is 2. The van der Waals surface area contributed by atoms with Gasteiger partial charge in [0.1, 0.15) is 5.75 Å². The summed E-state index contributed by atoms with van der Waals surface area (Å²) in [5, 5.41) is 0. The Morgan fingerprint density at radius 1 is 1.20 bits per heavy atom. The SMILES string of the molecule is CCOc1ccccc1/C=C/C(=O)NNC(=O)c1cc(C)c(CC)s1. The molecule has 0 atom stereocenters. The van der Waals surface area contributed by atoms with Gasteiger partial charge in [0, 0.05) is 16.5 Å². The third kappa shape index (κ3) is 5.19. The van der Waals surface area contributed by atoms with Gasteiger partial charge in [-0.05, 0) is 44.0 Å². The fraction of sp³-hybridized carbons (Fsp3) is 0.263. The van der Waals surface area contributed by atoms with E-state index in [1.54, 1.807) is 6.08 Å². The number of hydrogen-bond donors (Lipinski definition) is 2. The number of thiophene rings is 1. The van der Waals surface area contributed by atoms with Gasteiger partial charge in [0.05, 0.1) is 11.5 Å². The van der Waals surface area contributed by atoms with E-state index in [1.807, 2.05) is 51.1 Å². The summed E-state index contributed by atoms with van der Waals surface area (Å²) in [6.07, 6.45) is 3.89. The number of para-hydroxylation sites is 1. The Kier molecular flexibility index (Phi) is 6.77. The highest BCUT2D eigenvalue weighted by Crippen LogP contribution is 2.22. The predicted octanol–water partition coefficient (Wildman–Crippen LogP) is 3.49. The Morgan fingerprint density at radius 2 is 1.96 bits per heavy atom. The second-order valence-electron chi connectivity index (χ2n) is 5.32. The molecule has 0 aliphatic carbocycles. The van der Waals surface area contributed by atoms with Gasteiger partial charge in [-0.3, -0.25) is 20.4 Å². The monoisotopic (exact) mass is 358 g/mol. The van der Waals surface area contributed by atoms with Gasteiger partial charge in [0.25, 0.3) is 11.8 Å². The minimum absolute atomic E-state index is 0.315. The zero-order valence-electron chi connectivity index (χ0n) is 14.6. The lowest BCUT2D eigenvalue weighted by Crippen LogP contribution is -2.40. The van der Waals surface area contributed by atoms with Gasteiger partial charge in [-0.25, -0.2) is 0 Å². The van der Waals surface area contributed by atoms with Gasteiger partial charge in [0.15, 0.2) is 0 Å². The van der Waals surface area contributed by atoms with E-state index in [4.69, 9.17) is 4.74 Å². The Morgan fingerprint density at radius 3 is 2.64 bits per heavy atom. The predicted molar refractivity (Wildman–Crippen MR) is 101 cm³/mol. The Labute approximate surface area is 151 Å². The first-order valence-electron chi connectivity index (χ1n) is 8.14. The van der Waals surface area contributed by atoms with Crippen LogP contribution < -0.4 is 15.6 Å². The molecule has 0 fully saturated rings. The lowest BCUT2D eigenvalue weighted by molar-refractivity contribution is -0.117. The first-order chi connectivity index (χ1) is 12.0. The Hall–Kier alpha value is -2.60. The van der Waals surface area contributed by atoms with E-state index in [1.165, 1.54) is 22.3 Å². The Bertz CT molecular complexity index is 781. The molecule has 2 amide bonds. The van der Waals surface area contributed by atoms with Crippen molar-refractivity contribution >= 4 is 29.2 Å². The number of amides is 2. The molecule has 0 spiro atoms. The number of aryl methyl sites for hydroxylation is 2. The summed E-state index contributed by atoms with van der Waals surface area (Å²) >= 11 is 1.44. The zero-order valence-corrected chi connectivity index (χ0v) is 15.4. The molecule has 1 aromatic carbocycles. The third-order valence-electron chi connectivity index (χ3n) is 3.50. The minimum atomic E-state index is -0.413. The van der Waals surface area contributed by atoms with Crippen LogP contribution in [0.5, 0.6) is 5.75 Å². The van der Waals surface area contributed by atoms with Crippen molar-refractivity contribution in [3.05, 3.63) is 57.3 Å². The van der Waals surface area contributed by atoms with Crippen molar-refractivity contribution in [3.8, 4) is 5.75 Å². The zero-order chi connectivity index (χ0) is 18.2. The molecule has 2 N–H and O–H groups in total. The van der Waals surface area contributed by atoms with Gasteiger partial charge in [0.2, 0.25) is 0 Å². The lowest BCUT2D eigenvalue weighted by atomic mass is 10.2. The highest BCUT2D eigenvalue weighted by atomic mass is 32.1. The maximum absolute atomic E-state index is 12.1. The largest absolute Gasteiger partial charge is 0.493 e. The standard InChI is InChI=1S/C19H22N2O3S/c1-4-16-13(3)12-17(25-16)19(23)21-20-18(22)11-10-14-8-6-7-9-15(14)24-5-2/h6-12H,4-5H2,1-3H3,(H,20,22)(H,21,23)/b11-10+. The molecule has 1 heterocycles. The van der Waals surface area contributed by atoms with Gasteiger partial charge in [-0.15, -0.1) is 11.3 Å². The third-order valence-corrected chi connectivity index (χ3v) is 4.88. The average Bonchev–Trinajstić information content (AvgIpc) is 3.00. The van der Waals surface area contributed by atoms with E-state index in [2.05, 4.69) is 10.9 Å². The number of hydrazine groups is 1. The number of nitrogens with one attached hydrogen (secondary N) is 2. The summed E-state index contributed by atoms with van der Waals surface area (Å²) in [4.78, 5) is 25.7. The normalized spacial score (nSPS) is 10.7. The van der Waals surface area contributed by atoms with Crippen molar-refractivity contribution in [2.24, 2.45) is 0 Å². The first kappa shape index (κ1) is 18.7. The number of ether oxygens (including phenoxy) is 1. The molecule has 2 rings (SSSR count). The van der Waals surface area contributed by atoms with Gasteiger partial charge >= 0.3 is 0 Å². The number of carbonyl (C=O) groups excluding carboxylic acids is 2. The van der Waals surface area contributed by atoms with E-state index >= 15 is 0 Å². The van der Waals surface area contributed by atoms with Gasteiger partial charge in [-0.1, -0.05) is 25.1 Å². The van der Waals surface area contributed by atoms with Crippen LogP contribution in [0.4, 0.5) is 0 Å². The van der Waals surface area contributed by atoms with Crippen molar-refractivity contribution in [1.82, 2.24) is 10.9 Å². The molecular formula is C19H22N2O3S. The topological polar surface area (TPSA) is 67.4 Å². The Balaban J connectivity index is 1.93. The van der Waals surface area contributed by atoms with Crippen molar-refractivity contribution in [1.29, 1.82) is 0 Å². The van der Waals surface area contributed by atoms with E-state index in [9.17, 15) is 9.59 Å². The molecule has 0 bridgehead atoms. The number of hydrogen-bond acceptors (Lipinski definition) is 4. The summed E-state index contributed by atoms with van der Waals surface area (Å²) in [6.45, 7) is 6.47. The van der Waals surface area contributed by atoms with Crippen LogP contribution in [0.1, 0.15) is 39.5 Å². The smallest absolute Gasteiger partial charge is 0.279 e. The summed E-state index contributed by atoms with van der Waals surface area (Å²) in [6, 6.07) is 9.27. The fourth-order valence-electron chi connectivity index (χ4n) is 2.27. The minimum Gasteiger partial charge on any atom is -0.493 e. The molecule has 1 aromatic heterocycles. The lowest BCUT2D eigenvalue weighted by Gasteiger charge is -2.06. The molecule has 0 aliphatic rings. The van der Waals surface area contributed by atoms with Crippen molar-refractivity contribution < 1.29 is 14.3 Å². The molecule has 0 saturated heterocycles. The van der Waals surface area contributed by atoms with Crippen molar-refractivity contribution in [2.75, 3.05) is 6.61 Å². The van der Waals surface area contributed by atoms with E-state index < -0.39 is 5.91 Å². The molecule has 0 unspecified atom stereocenters. The summed E-state index contributed by atoms with van der Waals surface area (Å²) in [5.74, 6) is -0.0212. The molecule has 25 heavy (non-hydrogen) atoms. The molecule has 132 valence electrons. The highest BCUT2D eigenvalue weighted by Gasteiger charge is 2.11. The second kappa shape index (κ2) is 9.03. The van der Waals surface area contributed by atoms with Crippen LogP contribution in [-0.2, 0) is 11.2 Å². The van der Waals surface area contributed by atoms with Crippen molar-refractivity contribution in [3.63, 3.8) is 0 Å².